The van der Waals surface area contributed by atoms with Crippen molar-refractivity contribution in [3.8, 4) is 0 Å². The number of allylic oxidation sites excluding steroid dienone is 4. The minimum absolute atomic E-state index is 0.0293. The first-order valence-electron chi connectivity index (χ1n) is 9.91. The van der Waals surface area contributed by atoms with Crippen LogP contribution in [0.3, 0.4) is 0 Å². The van der Waals surface area contributed by atoms with Crippen molar-refractivity contribution in [2.45, 2.75) is 65.1 Å². The van der Waals surface area contributed by atoms with E-state index in [1.54, 1.807) is 12.2 Å². The Bertz CT molecular complexity index is 736. The first-order valence-corrected chi connectivity index (χ1v) is 9.91. The predicted molar refractivity (Wildman–Crippen MR) is 98.2 cm³/mol. The third-order valence-corrected chi connectivity index (χ3v) is 8.55. The van der Waals surface area contributed by atoms with Gasteiger partial charge in [-0.1, -0.05) is 32.4 Å². The lowest BCUT2D eigenvalue weighted by Gasteiger charge is -2.60. The van der Waals surface area contributed by atoms with Crippen LogP contribution in [0.5, 0.6) is 0 Å². The largest absolute Gasteiger partial charge is 0.393 e. The number of ketones is 2. The fourth-order valence-electron chi connectivity index (χ4n) is 7.33. The van der Waals surface area contributed by atoms with Crippen LogP contribution < -0.4 is 0 Å². The Labute approximate surface area is 155 Å². The molecular formula is C22H30O4. The monoisotopic (exact) mass is 358 g/mol. The van der Waals surface area contributed by atoms with Gasteiger partial charge in [-0.2, -0.15) is 0 Å². The van der Waals surface area contributed by atoms with Crippen molar-refractivity contribution in [3.05, 3.63) is 23.8 Å². The van der Waals surface area contributed by atoms with Gasteiger partial charge in [0.15, 0.2) is 11.6 Å². The summed E-state index contributed by atoms with van der Waals surface area (Å²) in [6.45, 7) is 7.79. The lowest BCUT2D eigenvalue weighted by molar-refractivity contribution is -0.176. The van der Waals surface area contributed by atoms with Crippen LogP contribution in [0.15, 0.2) is 23.8 Å². The van der Waals surface area contributed by atoms with Gasteiger partial charge in [0.05, 0.1) is 6.10 Å². The van der Waals surface area contributed by atoms with E-state index in [1.165, 1.54) is 6.92 Å². The third kappa shape index (κ3) is 2.03. The van der Waals surface area contributed by atoms with E-state index in [0.29, 0.717) is 12.8 Å². The minimum atomic E-state index is -1.33. The number of Topliss-reactive ketones (excluding diaryl/α,β-unsaturated/α-hetero) is 1. The van der Waals surface area contributed by atoms with E-state index in [1.807, 2.05) is 13.0 Å². The summed E-state index contributed by atoms with van der Waals surface area (Å²) in [4.78, 5) is 24.2. The van der Waals surface area contributed by atoms with Gasteiger partial charge in [-0.25, -0.2) is 0 Å². The third-order valence-electron chi connectivity index (χ3n) is 8.55. The number of carbonyl (C=O) groups excluding carboxylic acids is 2. The van der Waals surface area contributed by atoms with Gasteiger partial charge in [0, 0.05) is 16.7 Å². The smallest absolute Gasteiger partial charge is 0.178 e. The van der Waals surface area contributed by atoms with E-state index < -0.39 is 17.1 Å². The molecule has 4 nitrogen and oxygen atoms in total. The summed E-state index contributed by atoms with van der Waals surface area (Å²) >= 11 is 0. The maximum absolute atomic E-state index is 12.3. The van der Waals surface area contributed by atoms with Crippen LogP contribution in [0.4, 0.5) is 0 Å². The minimum Gasteiger partial charge on any atom is -0.393 e. The van der Waals surface area contributed by atoms with Gasteiger partial charge < -0.3 is 10.2 Å². The first kappa shape index (κ1) is 18.1. The highest BCUT2D eigenvalue weighted by Gasteiger charge is 2.68. The molecule has 0 aromatic heterocycles. The molecule has 0 bridgehead atoms. The van der Waals surface area contributed by atoms with Crippen LogP contribution in [0, 0.1) is 34.5 Å². The van der Waals surface area contributed by atoms with Gasteiger partial charge in [-0.05, 0) is 62.5 Å². The van der Waals surface area contributed by atoms with Crippen LogP contribution in [0.25, 0.3) is 0 Å². The van der Waals surface area contributed by atoms with E-state index in [0.717, 1.165) is 18.4 Å². The standard InChI is InChI=1S/C22H30O4/c1-12-9-15-16-6-8-22(26,13(2)23)21(16,4)11-18(25)19(15)20(3)7-5-14(24)10-17(12)20/h5,7,10,12,15-16,18-19,25-26H,6,8-9,11H2,1-4H3/t12?,15-,16+,18?,19-,20-,21-,22-/m0/s1. The molecule has 8 atom stereocenters. The lowest BCUT2D eigenvalue weighted by atomic mass is 9.45. The Morgan fingerprint density at radius 3 is 2.65 bits per heavy atom. The average molecular weight is 358 g/mol. The van der Waals surface area contributed by atoms with Crippen molar-refractivity contribution in [2.24, 2.45) is 34.5 Å². The highest BCUT2D eigenvalue weighted by atomic mass is 16.3. The van der Waals surface area contributed by atoms with Crippen LogP contribution in [0.2, 0.25) is 0 Å². The number of rotatable bonds is 1. The van der Waals surface area contributed by atoms with Gasteiger partial charge in [0.2, 0.25) is 0 Å². The maximum atomic E-state index is 12.3. The van der Waals surface area contributed by atoms with Crippen LogP contribution >= 0.6 is 0 Å². The van der Waals surface area contributed by atoms with Crippen molar-refractivity contribution >= 4 is 11.6 Å². The second-order valence-electron chi connectivity index (χ2n) is 9.70. The molecule has 4 aliphatic carbocycles. The molecule has 0 aromatic rings. The molecular weight excluding hydrogens is 328 g/mol. The highest BCUT2D eigenvalue weighted by molar-refractivity contribution is 6.01. The van der Waals surface area contributed by atoms with E-state index in [2.05, 4.69) is 13.8 Å². The number of carbonyl (C=O) groups is 2. The van der Waals surface area contributed by atoms with Gasteiger partial charge in [0.25, 0.3) is 0 Å². The van der Waals surface area contributed by atoms with E-state index in [4.69, 9.17) is 0 Å². The zero-order chi connectivity index (χ0) is 19.1. The molecule has 4 aliphatic rings. The number of fused-ring (bicyclic) bond motifs is 5. The molecule has 4 heteroatoms. The SMILES string of the molecule is CC(=O)[C@@]1(O)CC[C@@H]2[C@@H]3CC(C)C4=CC(=O)C=C[C@]4(C)[C@@H]3C(O)C[C@@]21C. The van der Waals surface area contributed by atoms with Crippen molar-refractivity contribution in [3.63, 3.8) is 0 Å². The van der Waals surface area contributed by atoms with Crippen molar-refractivity contribution in [1.82, 2.24) is 0 Å². The summed E-state index contributed by atoms with van der Waals surface area (Å²) < 4.78 is 0. The summed E-state index contributed by atoms with van der Waals surface area (Å²) in [5.41, 5.74) is -1.10. The topological polar surface area (TPSA) is 74.6 Å². The molecule has 4 rings (SSSR count). The Morgan fingerprint density at radius 2 is 2.00 bits per heavy atom. The molecule has 3 saturated carbocycles. The maximum Gasteiger partial charge on any atom is 0.178 e. The van der Waals surface area contributed by atoms with Gasteiger partial charge in [-0.3, -0.25) is 9.59 Å². The summed E-state index contributed by atoms with van der Waals surface area (Å²) in [6, 6.07) is 0. The summed E-state index contributed by atoms with van der Waals surface area (Å²) in [5.74, 6) is 0.609. The summed E-state index contributed by atoms with van der Waals surface area (Å²) in [6.07, 6.45) is 7.46. The molecule has 142 valence electrons. The quantitative estimate of drug-likeness (QED) is 0.756. The second-order valence-corrected chi connectivity index (χ2v) is 9.70. The average Bonchev–Trinajstić information content (AvgIpc) is 2.81. The van der Waals surface area contributed by atoms with E-state index in [-0.39, 0.29) is 40.7 Å². The molecule has 26 heavy (non-hydrogen) atoms. The van der Waals surface area contributed by atoms with Crippen LogP contribution in [-0.4, -0.2) is 33.5 Å². The summed E-state index contributed by atoms with van der Waals surface area (Å²) in [5, 5.41) is 22.4. The molecule has 2 unspecified atom stereocenters. The van der Waals surface area contributed by atoms with Crippen molar-refractivity contribution < 1.29 is 19.8 Å². The number of hydrogen-bond acceptors (Lipinski definition) is 4. The fourth-order valence-corrected chi connectivity index (χ4v) is 7.33. The normalized spacial score (nSPS) is 52.8. The molecule has 0 amide bonds. The fraction of sp³-hybridized carbons (Fsp3) is 0.727. The molecule has 0 heterocycles. The number of aliphatic hydroxyl groups is 2. The molecule has 0 spiro atoms. The number of hydrogen-bond donors (Lipinski definition) is 2. The Balaban J connectivity index is 1.80. The molecule has 0 aliphatic heterocycles. The van der Waals surface area contributed by atoms with Crippen LogP contribution in [0.1, 0.15) is 53.4 Å². The zero-order valence-electron chi connectivity index (χ0n) is 16.2. The predicted octanol–water partition coefficient (Wildman–Crippen LogP) is 2.83. The van der Waals surface area contributed by atoms with E-state index >= 15 is 0 Å². The Hall–Kier alpha value is -1.26. The second kappa shape index (κ2) is 5.39. The van der Waals surface area contributed by atoms with E-state index in [9.17, 15) is 19.8 Å². The van der Waals surface area contributed by atoms with Crippen molar-refractivity contribution in [1.29, 1.82) is 0 Å². The molecule has 0 radical (unpaired) electrons. The molecule has 2 N–H and O–H groups in total. The summed E-state index contributed by atoms with van der Waals surface area (Å²) in [7, 11) is 0. The Morgan fingerprint density at radius 1 is 1.31 bits per heavy atom. The molecule has 0 saturated heterocycles. The molecule has 0 aromatic carbocycles. The van der Waals surface area contributed by atoms with Gasteiger partial charge in [-0.15, -0.1) is 0 Å². The van der Waals surface area contributed by atoms with Crippen molar-refractivity contribution in [2.75, 3.05) is 0 Å². The van der Waals surface area contributed by atoms with Gasteiger partial charge >= 0.3 is 0 Å². The first-order chi connectivity index (χ1) is 12.0. The lowest BCUT2D eigenvalue weighted by Crippen LogP contribution is -2.61. The molecule has 3 fully saturated rings. The van der Waals surface area contributed by atoms with Gasteiger partial charge in [0.1, 0.15) is 5.60 Å². The Kier molecular flexibility index (Phi) is 3.75. The van der Waals surface area contributed by atoms with Crippen LogP contribution in [-0.2, 0) is 9.59 Å². The zero-order valence-corrected chi connectivity index (χ0v) is 16.2. The number of aliphatic hydroxyl groups excluding tert-OH is 1. The highest BCUT2D eigenvalue weighted by Crippen LogP contribution is 2.67.